The minimum absolute atomic E-state index is 0.0131. The number of rotatable bonds is 7. The molecule has 2 aliphatic rings. The van der Waals surface area contributed by atoms with E-state index in [0.717, 1.165) is 44.0 Å². The molecule has 0 spiro atoms. The molecule has 1 N–H and O–H groups in total. The Kier molecular flexibility index (Phi) is 7.89. The van der Waals surface area contributed by atoms with Crippen molar-refractivity contribution in [3.8, 4) is 0 Å². The number of hydrogen-bond acceptors (Lipinski definition) is 6. The Morgan fingerprint density at radius 1 is 1.08 bits per heavy atom. The summed E-state index contributed by atoms with van der Waals surface area (Å²) in [5, 5.41) is 14.6. The third-order valence-corrected chi connectivity index (χ3v) is 6.87. The van der Waals surface area contributed by atoms with Crippen molar-refractivity contribution in [2.75, 3.05) is 56.0 Å². The van der Waals surface area contributed by atoms with Crippen LogP contribution >= 0.6 is 11.6 Å². The van der Waals surface area contributed by atoms with E-state index in [1.807, 2.05) is 24.3 Å². The smallest absolute Gasteiger partial charge is 0.380 e. The number of nitrogens with one attached hydrogen (secondary N) is 1. The summed E-state index contributed by atoms with van der Waals surface area (Å²) < 4.78 is 39.7. The largest absolute Gasteiger partial charge is 0.423 e. The van der Waals surface area contributed by atoms with Crippen molar-refractivity contribution in [3.05, 3.63) is 63.2 Å². The molecule has 2 saturated heterocycles. The molecule has 1 amide bonds. The first-order valence-corrected chi connectivity index (χ1v) is 12.1. The first-order chi connectivity index (χ1) is 17.1. The third kappa shape index (κ3) is 6.38. The number of carbonyl (C=O) groups excluding carboxylic acids is 1. The summed E-state index contributed by atoms with van der Waals surface area (Å²) in [6.07, 6.45) is -3.87. The van der Waals surface area contributed by atoms with Crippen LogP contribution in [0, 0.1) is 10.1 Å². The first kappa shape index (κ1) is 26.0. The van der Waals surface area contributed by atoms with E-state index in [0.29, 0.717) is 37.5 Å². The molecule has 2 heterocycles. The lowest BCUT2D eigenvalue weighted by molar-refractivity contribution is -0.388. The summed E-state index contributed by atoms with van der Waals surface area (Å²) in [6, 6.07) is 10.4. The van der Waals surface area contributed by atoms with E-state index in [9.17, 15) is 28.1 Å². The summed E-state index contributed by atoms with van der Waals surface area (Å²) in [6.45, 7) is 4.96. The minimum atomic E-state index is -4.84. The van der Waals surface area contributed by atoms with E-state index >= 15 is 0 Å². The highest BCUT2D eigenvalue weighted by Crippen LogP contribution is 2.37. The van der Waals surface area contributed by atoms with E-state index < -0.39 is 22.4 Å². The SMILES string of the molecule is O=C(CCN1CCN(c2ccc(Cl)cc2)CC1)N1CC[C@H](Nc2ccc([N+](=O)[O-])c(C(F)(F)F)c2)C1. The van der Waals surface area contributed by atoms with Gasteiger partial charge in [-0.15, -0.1) is 0 Å². The molecule has 2 aromatic carbocycles. The number of carbonyl (C=O) groups is 1. The maximum atomic E-state index is 13.2. The van der Waals surface area contributed by atoms with Gasteiger partial charge < -0.3 is 15.1 Å². The van der Waals surface area contributed by atoms with Gasteiger partial charge in [-0.3, -0.25) is 19.8 Å². The molecule has 2 aromatic rings. The number of alkyl halides is 3. The Morgan fingerprint density at radius 2 is 1.78 bits per heavy atom. The van der Waals surface area contributed by atoms with Crippen molar-refractivity contribution < 1.29 is 22.9 Å². The fourth-order valence-electron chi connectivity index (χ4n) is 4.65. The fraction of sp³-hybridized carbons (Fsp3) is 0.458. The van der Waals surface area contributed by atoms with E-state index in [1.165, 1.54) is 6.07 Å². The lowest BCUT2D eigenvalue weighted by atomic mass is 10.1. The molecule has 2 fully saturated rings. The molecule has 36 heavy (non-hydrogen) atoms. The van der Waals surface area contributed by atoms with Crippen molar-refractivity contribution in [3.63, 3.8) is 0 Å². The highest BCUT2D eigenvalue weighted by Gasteiger charge is 2.38. The van der Waals surface area contributed by atoms with Crippen LogP contribution in [0.15, 0.2) is 42.5 Å². The summed E-state index contributed by atoms with van der Waals surface area (Å²) >= 11 is 5.96. The molecular formula is C24H27ClF3N5O3. The number of anilines is 2. The van der Waals surface area contributed by atoms with Crippen molar-refractivity contribution >= 4 is 34.6 Å². The van der Waals surface area contributed by atoms with Crippen LogP contribution in [0.4, 0.5) is 30.2 Å². The summed E-state index contributed by atoms with van der Waals surface area (Å²) in [4.78, 5) is 28.9. The van der Waals surface area contributed by atoms with Gasteiger partial charge in [-0.2, -0.15) is 13.2 Å². The number of nitro groups is 1. The van der Waals surface area contributed by atoms with Gasteiger partial charge in [0.1, 0.15) is 5.56 Å². The zero-order valence-electron chi connectivity index (χ0n) is 19.5. The summed E-state index contributed by atoms with van der Waals surface area (Å²) in [5.74, 6) is 0.0131. The highest BCUT2D eigenvalue weighted by molar-refractivity contribution is 6.30. The number of benzene rings is 2. The van der Waals surface area contributed by atoms with Crippen molar-refractivity contribution in [2.24, 2.45) is 0 Å². The second kappa shape index (κ2) is 10.9. The monoisotopic (exact) mass is 525 g/mol. The summed E-state index contributed by atoms with van der Waals surface area (Å²) in [5.41, 5.74) is -1.00. The van der Waals surface area contributed by atoms with Crippen LogP contribution in [0.5, 0.6) is 0 Å². The third-order valence-electron chi connectivity index (χ3n) is 6.62. The van der Waals surface area contributed by atoms with Crippen LogP contribution < -0.4 is 10.2 Å². The molecule has 0 radical (unpaired) electrons. The van der Waals surface area contributed by atoms with Gasteiger partial charge in [0.25, 0.3) is 5.69 Å². The molecule has 12 heteroatoms. The van der Waals surface area contributed by atoms with E-state index in [1.54, 1.807) is 4.90 Å². The average Bonchev–Trinajstić information content (AvgIpc) is 3.31. The van der Waals surface area contributed by atoms with Gasteiger partial charge in [0.2, 0.25) is 5.91 Å². The first-order valence-electron chi connectivity index (χ1n) is 11.7. The summed E-state index contributed by atoms with van der Waals surface area (Å²) in [7, 11) is 0. The van der Waals surface area contributed by atoms with Crippen LogP contribution in [0.25, 0.3) is 0 Å². The molecular weight excluding hydrogens is 499 g/mol. The number of halogens is 4. The number of piperazine rings is 1. The van der Waals surface area contributed by atoms with Gasteiger partial charge in [0.05, 0.1) is 4.92 Å². The Bertz CT molecular complexity index is 1090. The predicted molar refractivity (Wildman–Crippen MR) is 131 cm³/mol. The molecule has 2 aliphatic heterocycles. The normalized spacial score (nSPS) is 18.9. The van der Waals surface area contributed by atoms with Crippen molar-refractivity contribution in [1.82, 2.24) is 9.80 Å². The quantitative estimate of drug-likeness (QED) is 0.424. The van der Waals surface area contributed by atoms with E-state index in [2.05, 4.69) is 15.1 Å². The highest BCUT2D eigenvalue weighted by atomic mass is 35.5. The zero-order valence-corrected chi connectivity index (χ0v) is 20.3. The molecule has 0 unspecified atom stereocenters. The van der Waals surface area contributed by atoms with E-state index in [4.69, 9.17) is 11.6 Å². The van der Waals surface area contributed by atoms with Crippen LogP contribution in [0.3, 0.4) is 0 Å². The predicted octanol–water partition coefficient (Wildman–Crippen LogP) is 4.49. The van der Waals surface area contributed by atoms with Gasteiger partial charge in [-0.1, -0.05) is 11.6 Å². The van der Waals surface area contributed by atoms with Gasteiger partial charge in [-0.25, -0.2) is 0 Å². The standard InChI is InChI=1S/C24H27ClF3N5O3/c25-17-1-4-20(5-2-17)31-13-11-30(12-14-31)9-8-23(34)32-10-7-19(16-32)29-18-3-6-22(33(35)36)21(15-18)24(26,27)28/h1-6,15,19,29H,7-14,16H2/t19-/m0/s1. The number of likely N-dealkylation sites (tertiary alicyclic amines) is 1. The fourth-order valence-corrected chi connectivity index (χ4v) is 4.77. The van der Waals surface area contributed by atoms with Gasteiger partial charge in [0.15, 0.2) is 0 Å². The Morgan fingerprint density at radius 3 is 2.42 bits per heavy atom. The van der Waals surface area contributed by atoms with Crippen LogP contribution in [0.2, 0.25) is 5.02 Å². The number of nitro benzene ring substituents is 1. The Balaban J connectivity index is 1.23. The molecule has 0 saturated carbocycles. The van der Waals surface area contributed by atoms with Gasteiger partial charge >= 0.3 is 6.18 Å². The van der Waals surface area contributed by atoms with Crippen LogP contribution in [-0.2, 0) is 11.0 Å². The lowest BCUT2D eigenvalue weighted by Gasteiger charge is -2.36. The Labute approximate surface area is 211 Å². The molecule has 1 atom stereocenters. The molecule has 194 valence electrons. The average molecular weight is 526 g/mol. The van der Waals surface area contributed by atoms with Crippen molar-refractivity contribution in [2.45, 2.75) is 25.1 Å². The van der Waals surface area contributed by atoms with Crippen LogP contribution in [0.1, 0.15) is 18.4 Å². The number of hydrogen-bond donors (Lipinski definition) is 1. The van der Waals surface area contributed by atoms with E-state index in [-0.39, 0.29) is 17.6 Å². The Hall–Kier alpha value is -3.05. The molecule has 4 rings (SSSR count). The molecule has 8 nitrogen and oxygen atoms in total. The molecule has 0 aromatic heterocycles. The lowest BCUT2D eigenvalue weighted by Crippen LogP contribution is -2.47. The van der Waals surface area contributed by atoms with Crippen LogP contribution in [-0.4, -0.2) is 72.5 Å². The second-order valence-electron chi connectivity index (χ2n) is 9.01. The minimum Gasteiger partial charge on any atom is -0.380 e. The molecule has 0 aliphatic carbocycles. The number of amides is 1. The molecule has 0 bridgehead atoms. The number of nitrogens with zero attached hydrogens (tertiary/aromatic N) is 4. The topological polar surface area (TPSA) is 82.0 Å². The zero-order chi connectivity index (χ0) is 25.9. The van der Waals surface area contributed by atoms with Gasteiger partial charge in [-0.05, 0) is 42.8 Å². The maximum Gasteiger partial charge on any atom is 0.423 e. The second-order valence-corrected chi connectivity index (χ2v) is 9.45. The van der Waals surface area contributed by atoms with Crippen molar-refractivity contribution in [1.29, 1.82) is 0 Å². The maximum absolute atomic E-state index is 13.2. The van der Waals surface area contributed by atoms with Gasteiger partial charge in [0, 0.05) is 80.7 Å².